The van der Waals surface area contributed by atoms with E-state index in [1.165, 1.54) is 7.11 Å². The summed E-state index contributed by atoms with van der Waals surface area (Å²) in [7, 11) is 1.41. The number of hydrogen-bond donors (Lipinski definition) is 0. The molecule has 0 radical (unpaired) electrons. The lowest BCUT2D eigenvalue weighted by molar-refractivity contribution is -0.756. The molecular weight excluding hydrogens is 314 g/mol. The average Bonchev–Trinajstić information content (AvgIpc) is 3.23. The van der Waals surface area contributed by atoms with Crippen LogP contribution in [-0.4, -0.2) is 30.9 Å². The fraction of sp³-hybridized carbons (Fsp3) is 0.588. The Bertz CT molecular complexity index is 677. The van der Waals surface area contributed by atoms with E-state index in [2.05, 4.69) is 10.8 Å². The maximum atomic E-state index is 12.2. The number of fused-ring (bicyclic) bond motifs is 7. The molecule has 0 aromatic carbocycles. The van der Waals surface area contributed by atoms with Gasteiger partial charge in [-0.2, -0.15) is 4.57 Å². The van der Waals surface area contributed by atoms with Crippen LogP contribution in [0.2, 0.25) is 0 Å². The topological polar surface area (TPSA) is 56.5 Å². The van der Waals surface area contributed by atoms with Crippen molar-refractivity contribution in [3.8, 4) is 0 Å². The fourth-order valence-electron chi connectivity index (χ4n) is 4.60. The quantitative estimate of drug-likeness (QED) is 0.625. The second kappa shape index (κ2) is 5.51. The molecule has 2 heterocycles. The van der Waals surface area contributed by atoms with Crippen molar-refractivity contribution in [2.75, 3.05) is 13.7 Å². The minimum Gasteiger partial charge on any atom is -0.466 e. The fourth-order valence-corrected chi connectivity index (χ4v) is 6.41. The van der Waals surface area contributed by atoms with Crippen LogP contribution in [0.4, 0.5) is 0 Å². The van der Waals surface area contributed by atoms with Crippen LogP contribution in [0.25, 0.3) is 0 Å². The Balaban J connectivity index is 1.65. The lowest BCUT2D eigenvalue weighted by Gasteiger charge is -2.25. The number of carbonyl (C=O) groups excluding carboxylic acids is 2. The molecule has 5 nitrogen and oxygen atoms in total. The first kappa shape index (κ1) is 15.0. The maximum Gasteiger partial charge on any atom is 0.345 e. The number of aromatic nitrogens is 1. The first-order valence-corrected chi connectivity index (χ1v) is 8.99. The molecule has 0 saturated heterocycles. The van der Waals surface area contributed by atoms with Crippen LogP contribution in [-0.2, 0) is 14.3 Å². The Morgan fingerprint density at radius 1 is 1.39 bits per heavy atom. The van der Waals surface area contributed by atoms with Crippen LogP contribution in [0.5, 0.6) is 0 Å². The van der Waals surface area contributed by atoms with Gasteiger partial charge >= 0.3 is 11.9 Å². The van der Waals surface area contributed by atoms with E-state index in [0.717, 1.165) is 17.9 Å². The van der Waals surface area contributed by atoms with Crippen LogP contribution >= 0.6 is 11.8 Å². The molecule has 0 spiro atoms. The highest BCUT2D eigenvalue weighted by Crippen LogP contribution is 2.60. The summed E-state index contributed by atoms with van der Waals surface area (Å²) in [6, 6.07) is 4.11. The van der Waals surface area contributed by atoms with Crippen molar-refractivity contribution in [3.05, 3.63) is 23.9 Å². The lowest BCUT2D eigenvalue weighted by atomic mass is 9.85. The minimum absolute atomic E-state index is 0.0187. The number of thioether (sulfide) groups is 1. The molecule has 0 amide bonds. The summed E-state index contributed by atoms with van der Waals surface area (Å²) in [4.78, 5) is 24.2. The van der Waals surface area contributed by atoms with Crippen molar-refractivity contribution >= 4 is 23.7 Å². The molecule has 3 aliphatic rings. The smallest absolute Gasteiger partial charge is 0.345 e. The highest BCUT2D eigenvalue weighted by atomic mass is 32.2. The van der Waals surface area contributed by atoms with Crippen LogP contribution in [0.1, 0.15) is 36.2 Å². The van der Waals surface area contributed by atoms with Gasteiger partial charge in [-0.15, -0.1) is 0 Å². The summed E-state index contributed by atoms with van der Waals surface area (Å²) in [5.74, 6) is 0.514. The van der Waals surface area contributed by atoms with Crippen molar-refractivity contribution < 1.29 is 23.6 Å². The van der Waals surface area contributed by atoms with E-state index in [1.54, 1.807) is 11.8 Å². The van der Waals surface area contributed by atoms with Crippen LogP contribution in [0.3, 0.4) is 0 Å². The number of hydrogen-bond acceptors (Lipinski definition) is 5. The zero-order valence-electron chi connectivity index (χ0n) is 13.2. The summed E-state index contributed by atoms with van der Waals surface area (Å²) in [6.07, 6.45) is 4.04. The number of methoxy groups -OCH3 is 1. The molecule has 0 unspecified atom stereocenters. The second-order valence-corrected chi connectivity index (χ2v) is 7.62. The predicted octanol–water partition coefficient (Wildman–Crippen LogP) is 2.00. The van der Waals surface area contributed by atoms with Crippen molar-refractivity contribution in [1.82, 2.24) is 0 Å². The summed E-state index contributed by atoms with van der Waals surface area (Å²) in [5, 5.41) is 1.34. The van der Waals surface area contributed by atoms with Crippen molar-refractivity contribution in [2.24, 2.45) is 17.8 Å². The Morgan fingerprint density at radius 2 is 2.22 bits per heavy atom. The normalized spacial score (nSPS) is 33.2. The van der Waals surface area contributed by atoms with Crippen molar-refractivity contribution in [3.63, 3.8) is 0 Å². The molecular formula is C17H20NO4S+. The van der Waals surface area contributed by atoms with Gasteiger partial charge < -0.3 is 9.47 Å². The summed E-state index contributed by atoms with van der Waals surface area (Å²) < 4.78 is 12.4. The summed E-state index contributed by atoms with van der Waals surface area (Å²) in [5.41, 5.74) is 0.626. The Labute approximate surface area is 139 Å². The highest BCUT2D eigenvalue weighted by Gasteiger charge is 2.63. The van der Waals surface area contributed by atoms with Gasteiger partial charge in [0, 0.05) is 12.0 Å². The third kappa shape index (κ3) is 2.11. The molecule has 1 aliphatic heterocycles. The number of nitrogens with zero attached hydrogens (tertiary/aromatic N) is 1. The van der Waals surface area contributed by atoms with Gasteiger partial charge in [0.15, 0.2) is 12.2 Å². The van der Waals surface area contributed by atoms with Crippen molar-refractivity contribution in [2.45, 2.75) is 36.1 Å². The van der Waals surface area contributed by atoms with Gasteiger partial charge in [0.1, 0.15) is 5.56 Å². The molecule has 0 N–H and O–H groups in total. The van der Waals surface area contributed by atoms with E-state index in [9.17, 15) is 9.59 Å². The molecule has 5 atom stereocenters. The monoisotopic (exact) mass is 334 g/mol. The minimum atomic E-state index is -0.295. The molecule has 2 fully saturated rings. The van der Waals surface area contributed by atoms with E-state index in [4.69, 9.17) is 9.47 Å². The number of pyridine rings is 1. The van der Waals surface area contributed by atoms with E-state index >= 15 is 0 Å². The zero-order chi connectivity index (χ0) is 16.1. The molecule has 1 aromatic rings. The van der Waals surface area contributed by atoms with E-state index < -0.39 is 0 Å². The van der Waals surface area contributed by atoms with E-state index in [1.807, 2.05) is 19.1 Å². The predicted molar refractivity (Wildman–Crippen MR) is 83.0 cm³/mol. The largest absolute Gasteiger partial charge is 0.466 e. The van der Waals surface area contributed by atoms with Gasteiger partial charge in [-0.05, 0) is 43.5 Å². The van der Waals surface area contributed by atoms with Gasteiger partial charge in [0.05, 0.1) is 24.9 Å². The lowest BCUT2D eigenvalue weighted by Crippen LogP contribution is -2.46. The van der Waals surface area contributed by atoms with Gasteiger partial charge in [0.2, 0.25) is 0 Å². The van der Waals surface area contributed by atoms with Crippen LogP contribution in [0.15, 0.2) is 23.4 Å². The molecule has 1 aromatic heterocycles. The Morgan fingerprint density at radius 3 is 2.96 bits per heavy atom. The summed E-state index contributed by atoms with van der Waals surface area (Å²) in [6.45, 7) is 2.29. The first-order chi connectivity index (χ1) is 11.2. The SMILES string of the molecule is CCOC(=O)[C@@H]1C[C@H]2C[C@H]1[C@H]1Sc3c(C(=O)OC)ccc[n+]3[C@H]21. The van der Waals surface area contributed by atoms with Gasteiger partial charge in [-0.25, -0.2) is 4.79 Å². The van der Waals surface area contributed by atoms with Crippen LogP contribution < -0.4 is 4.57 Å². The maximum absolute atomic E-state index is 12.2. The van der Waals surface area contributed by atoms with E-state index in [-0.39, 0.29) is 17.9 Å². The highest BCUT2D eigenvalue weighted by molar-refractivity contribution is 8.00. The van der Waals surface area contributed by atoms with Crippen molar-refractivity contribution in [1.29, 1.82) is 0 Å². The standard InChI is InChI=1S/C17H20NO4S/c1-3-22-17(20)12-8-9-7-11(12)14-13(9)18-6-4-5-10(15(18)23-14)16(19)21-2/h4-6,9,11-14H,3,7-8H2,1-2H3/q+1/t9-,11-,12-,13-,14-/m1/s1. The zero-order valence-corrected chi connectivity index (χ0v) is 14.0. The molecule has 2 aliphatic carbocycles. The third-order valence-corrected chi connectivity index (χ3v) is 6.98. The van der Waals surface area contributed by atoms with Crippen LogP contribution in [0, 0.1) is 17.8 Å². The molecule has 2 bridgehead atoms. The summed E-state index contributed by atoms with van der Waals surface area (Å²) >= 11 is 1.73. The molecule has 23 heavy (non-hydrogen) atoms. The molecule has 2 saturated carbocycles. The average molecular weight is 334 g/mol. The van der Waals surface area contributed by atoms with Gasteiger partial charge in [0.25, 0.3) is 5.03 Å². The van der Waals surface area contributed by atoms with Gasteiger partial charge in [-0.1, -0.05) is 0 Å². The number of ether oxygens (including phenoxy) is 2. The van der Waals surface area contributed by atoms with Gasteiger partial charge in [-0.3, -0.25) is 4.79 Å². The second-order valence-electron chi connectivity index (χ2n) is 6.45. The molecule has 6 heteroatoms. The van der Waals surface area contributed by atoms with E-state index in [0.29, 0.717) is 35.3 Å². The number of rotatable bonds is 3. The number of carbonyl (C=O) groups is 2. The third-order valence-electron chi connectivity index (χ3n) is 5.43. The molecule has 4 rings (SSSR count). The Kier molecular flexibility index (Phi) is 3.59. The first-order valence-electron chi connectivity index (χ1n) is 8.11. The molecule has 122 valence electrons. The Hall–Kier alpha value is -1.56. The number of esters is 2.